The third kappa shape index (κ3) is 3.62. The highest BCUT2D eigenvalue weighted by Gasteiger charge is 2.21. The van der Waals surface area contributed by atoms with E-state index in [0.717, 1.165) is 0 Å². The van der Waals surface area contributed by atoms with E-state index in [1.807, 2.05) is 0 Å². The molecule has 7 heteroatoms. The molecule has 2 rings (SSSR count). The van der Waals surface area contributed by atoms with Gasteiger partial charge in [0.15, 0.2) is 11.5 Å². The maximum absolute atomic E-state index is 12.2. The quantitative estimate of drug-likeness (QED) is 0.844. The van der Waals surface area contributed by atoms with Crippen LogP contribution in [0.4, 0.5) is 0 Å². The molecule has 1 aromatic carbocycles. The van der Waals surface area contributed by atoms with Crippen LogP contribution in [0.5, 0.6) is 11.5 Å². The number of rotatable bonds is 5. The minimum Gasteiger partial charge on any atom is -0.486 e. The number of ether oxygens (including phenoxy) is 2. The Morgan fingerprint density at radius 2 is 1.90 bits per heavy atom. The molecule has 6 nitrogen and oxygen atoms in total. The van der Waals surface area contributed by atoms with Crippen LogP contribution in [0.3, 0.4) is 0 Å². The van der Waals surface area contributed by atoms with E-state index in [2.05, 4.69) is 4.72 Å². The van der Waals surface area contributed by atoms with E-state index in [0.29, 0.717) is 31.1 Å². The molecule has 1 heterocycles. The van der Waals surface area contributed by atoms with Gasteiger partial charge in [0.2, 0.25) is 10.0 Å². The predicted molar refractivity (Wildman–Crippen MR) is 73.5 cm³/mol. The number of hydrogen-bond acceptors (Lipinski definition) is 5. The van der Waals surface area contributed by atoms with Gasteiger partial charge in [0.25, 0.3) is 0 Å². The molecule has 2 N–H and O–H groups in total. The second-order valence-electron chi connectivity index (χ2n) is 4.91. The zero-order chi connectivity index (χ0) is 14.8. The first-order valence-corrected chi connectivity index (χ1v) is 7.97. The summed E-state index contributed by atoms with van der Waals surface area (Å²) >= 11 is 0. The smallest absolute Gasteiger partial charge is 0.240 e. The van der Waals surface area contributed by atoms with E-state index in [4.69, 9.17) is 9.47 Å². The van der Waals surface area contributed by atoms with Crippen LogP contribution in [0.15, 0.2) is 23.1 Å². The van der Waals surface area contributed by atoms with Crippen molar-refractivity contribution in [2.75, 3.05) is 13.2 Å². The molecule has 0 saturated heterocycles. The zero-order valence-electron chi connectivity index (χ0n) is 11.5. The fourth-order valence-electron chi connectivity index (χ4n) is 2.08. The first kappa shape index (κ1) is 15.1. The fraction of sp³-hybridized carbons (Fsp3) is 0.538. The molecule has 2 unspecified atom stereocenters. The Bertz CT molecular complexity index is 570. The summed E-state index contributed by atoms with van der Waals surface area (Å²) in [6, 6.07) is 4.16. The molecule has 20 heavy (non-hydrogen) atoms. The third-order valence-electron chi connectivity index (χ3n) is 2.87. The van der Waals surface area contributed by atoms with Crippen LogP contribution in [-0.4, -0.2) is 38.9 Å². The summed E-state index contributed by atoms with van der Waals surface area (Å²) in [5.41, 5.74) is 0. The van der Waals surface area contributed by atoms with Gasteiger partial charge in [0.1, 0.15) is 13.2 Å². The van der Waals surface area contributed by atoms with Crippen molar-refractivity contribution in [1.29, 1.82) is 0 Å². The average molecular weight is 301 g/mol. The first-order valence-electron chi connectivity index (χ1n) is 6.48. The molecule has 1 aromatic rings. The van der Waals surface area contributed by atoms with Crippen molar-refractivity contribution < 1.29 is 23.0 Å². The van der Waals surface area contributed by atoms with Gasteiger partial charge in [-0.05, 0) is 32.4 Å². The molecular weight excluding hydrogens is 282 g/mol. The van der Waals surface area contributed by atoms with Crippen molar-refractivity contribution in [3.8, 4) is 11.5 Å². The molecule has 0 spiro atoms. The summed E-state index contributed by atoms with van der Waals surface area (Å²) in [6.07, 6.45) is -0.211. The lowest BCUT2D eigenvalue weighted by Gasteiger charge is -2.20. The Labute approximate surface area is 118 Å². The van der Waals surface area contributed by atoms with Crippen molar-refractivity contribution >= 4 is 10.0 Å². The lowest BCUT2D eigenvalue weighted by Crippen LogP contribution is -2.34. The summed E-state index contributed by atoms with van der Waals surface area (Å²) < 4.78 is 37.7. The van der Waals surface area contributed by atoms with Gasteiger partial charge in [0.05, 0.1) is 11.0 Å². The maximum Gasteiger partial charge on any atom is 0.240 e. The molecule has 1 aliphatic heterocycles. The highest BCUT2D eigenvalue weighted by atomic mass is 32.2. The molecule has 112 valence electrons. The Balaban J connectivity index is 2.17. The van der Waals surface area contributed by atoms with Crippen LogP contribution in [0, 0.1) is 0 Å². The van der Waals surface area contributed by atoms with E-state index >= 15 is 0 Å². The minimum atomic E-state index is -3.64. The lowest BCUT2D eigenvalue weighted by molar-refractivity contribution is 0.171. The summed E-state index contributed by atoms with van der Waals surface area (Å²) in [6.45, 7) is 4.20. The second kappa shape index (κ2) is 5.99. The van der Waals surface area contributed by atoms with Gasteiger partial charge < -0.3 is 14.6 Å². The maximum atomic E-state index is 12.2. The Hall–Kier alpha value is -1.31. The SMILES string of the molecule is CC(O)CC(C)NS(=O)(=O)c1ccc2c(c1)OCCO2. The molecule has 0 bridgehead atoms. The van der Waals surface area contributed by atoms with Crippen LogP contribution in [-0.2, 0) is 10.0 Å². The number of benzene rings is 1. The molecule has 0 amide bonds. The lowest BCUT2D eigenvalue weighted by atomic mass is 10.2. The Kier molecular flexibility index (Phi) is 4.52. The number of hydrogen-bond donors (Lipinski definition) is 2. The van der Waals surface area contributed by atoms with Gasteiger partial charge in [-0.25, -0.2) is 13.1 Å². The minimum absolute atomic E-state index is 0.124. The van der Waals surface area contributed by atoms with E-state index in [1.54, 1.807) is 19.9 Å². The van der Waals surface area contributed by atoms with Crippen molar-refractivity contribution in [1.82, 2.24) is 4.72 Å². The molecule has 0 aromatic heterocycles. The highest BCUT2D eigenvalue weighted by Crippen LogP contribution is 2.32. The monoisotopic (exact) mass is 301 g/mol. The van der Waals surface area contributed by atoms with E-state index < -0.39 is 16.1 Å². The van der Waals surface area contributed by atoms with E-state index in [9.17, 15) is 13.5 Å². The van der Waals surface area contributed by atoms with Gasteiger partial charge >= 0.3 is 0 Å². The van der Waals surface area contributed by atoms with Gasteiger partial charge in [-0.15, -0.1) is 0 Å². The van der Waals surface area contributed by atoms with Crippen molar-refractivity contribution in [2.24, 2.45) is 0 Å². The standard InChI is InChI=1S/C13H19NO5S/c1-9(7-10(2)15)14-20(16,17)11-3-4-12-13(8-11)19-6-5-18-12/h3-4,8-10,14-15H,5-7H2,1-2H3. The Morgan fingerprint density at radius 1 is 1.25 bits per heavy atom. The summed E-state index contributed by atoms with van der Waals surface area (Å²) in [7, 11) is -3.64. The predicted octanol–water partition coefficient (Wildman–Crippen LogP) is 0.895. The van der Waals surface area contributed by atoms with Gasteiger partial charge in [-0.2, -0.15) is 0 Å². The van der Waals surface area contributed by atoms with Gasteiger partial charge in [0, 0.05) is 12.1 Å². The fourth-order valence-corrected chi connectivity index (χ4v) is 3.35. The molecule has 0 saturated carbocycles. The molecule has 2 atom stereocenters. The number of aliphatic hydroxyl groups excluding tert-OH is 1. The summed E-state index contributed by atoms with van der Waals surface area (Å²) in [5.74, 6) is 0.981. The number of aliphatic hydroxyl groups is 1. The van der Waals surface area contributed by atoms with Crippen LogP contribution in [0.2, 0.25) is 0 Å². The van der Waals surface area contributed by atoms with Crippen molar-refractivity contribution in [3.05, 3.63) is 18.2 Å². The first-order chi connectivity index (χ1) is 9.38. The third-order valence-corrected chi connectivity index (χ3v) is 4.46. The number of fused-ring (bicyclic) bond motifs is 1. The molecule has 0 aliphatic carbocycles. The van der Waals surface area contributed by atoms with Crippen LogP contribution in [0.25, 0.3) is 0 Å². The van der Waals surface area contributed by atoms with E-state index in [1.165, 1.54) is 12.1 Å². The molecule has 0 radical (unpaired) electrons. The topological polar surface area (TPSA) is 84.9 Å². The number of sulfonamides is 1. The van der Waals surface area contributed by atoms with Crippen molar-refractivity contribution in [2.45, 2.75) is 37.3 Å². The van der Waals surface area contributed by atoms with Crippen LogP contribution < -0.4 is 14.2 Å². The normalized spacial score (nSPS) is 17.6. The van der Waals surface area contributed by atoms with Crippen LogP contribution >= 0.6 is 0 Å². The zero-order valence-corrected chi connectivity index (χ0v) is 12.3. The summed E-state index contributed by atoms with van der Waals surface area (Å²) in [4.78, 5) is 0.124. The summed E-state index contributed by atoms with van der Waals surface area (Å²) in [5, 5.41) is 9.28. The largest absolute Gasteiger partial charge is 0.486 e. The molecule has 1 aliphatic rings. The second-order valence-corrected chi connectivity index (χ2v) is 6.63. The van der Waals surface area contributed by atoms with Crippen molar-refractivity contribution in [3.63, 3.8) is 0 Å². The Morgan fingerprint density at radius 3 is 2.55 bits per heavy atom. The molecular formula is C13H19NO5S. The average Bonchev–Trinajstić information content (AvgIpc) is 2.36. The highest BCUT2D eigenvalue weighted by molar-refractivity contribution is 7.89. The number of nitrogens with one attached hydrogen (secondary N) is 1. The molecule has 0 fully saturated rings. The van der Waals surface area contributed by atoms with Gasteiger partial charge in [-0.3, -0.25) is 0 Å². The van der Waals surface area contributed by atoms with Gasteiger partial charge in [-0.1, -0.05) is 0 Å². The van der Waals surface area contributed by atoms with E-state index in [-0.39, 0.29) is 10.9 Å². The van der Waals surface area contributed by atoms with Crippen LogP contribution in [0.1, 0.15) is 20.3 Å².